The van der Waals surface area contributed by atoms with Crippen molar-refractivity contribution in [2.75, 3.05) is 18.8 Å². The summed E-state index contributed by atoms with van der Waals surface area (Å²) in [6.07, 6.45) is 15.2. The van der Waals surface area contributed by atoms with E-state index >= 15 is 0 Å². The Labute approximate surface area is 174 Å². The van der Waals surface area contributed by atoms with Gasteiger partial charge in [-0.3, -0.25) is 0 Å². The van der Waals surface area contributed by atoms with Crippen LogP contribution in [0.15, 0.2) is 0 Å². The average molecular weight is 412 g/mol. The molecule has 0 aromatic carbocycles. The van der Waals surface area contributed by atoms with E-state index in [0.717, 1.165) is 89.9 Å². The van der Waals surface area contributed by atoms with Gasteiger partial charge in [-0.2, -0.15) is 10.5 Å². The third kappa shape index (κ3) is 15.9. The lowest BCUT2D eigenvalue weighted by molar-refractivity contribution is 0.383. The van der Waals surface area contributed by atoms with Crippen molar-refractivity contribution in [3.63, 3.8) is 0 Å². The second-order valence-electron chi connectivity index (χ2n) is 7.63. The van der Waals surface area contributed by atoms with Gasteiger partial charge in [-0.1, -0.05) is 64.7 Å². The molecule has 0 aliphatic carbocycles. The molecule has 6 heteroatoms. The number of hydrogen-bond donors (Lipinski definition) is 0. The van der Waals surface area contributed by atoms with E-state index in [-0.39, 0.29) is 5.75 Å². The summed E-state index contributed by atoms with van der Waals surface area (Å²) in [6, 6.07) is 4.33. The molecule has 0 fully saturated rings. The van der Waals surface area contributed by atoms with E-state index in [9.17, 15) is 8.42 Å². The zero-order valence-electron chi connectivity index (χ0n) is 18.0. The minimum atomic E-state index is -3.16. The number of unbranched alkanes of at least 4 members (excludes halogenated alkanes) is 13. The lowest BCUT2D eigenvalue weighted by Gasteiger charge is -2.22. The molecule has 0 aliphatic heterocycles. The lowest BCUT2D eigenvalue weighted by atomic mass is 10.1. The molecule has 0 saturated carbocycles. The summed E-state index contributed by atoms with van der Waals surface area (Å²) < 4.78 is 27.2. The summed E-state index contributed by atoms with van der Waals surface area (Å²) in [5.74, 6) is 0.275. The highest BCUT2D eigenvalue weighted by molar-refractivity contribution is 7.89. The van der Waals surface area contributed by atoms with E-state index in [1.54, 1.807) is 4.31 Å². The van der Waals surface area contributed by atoms with Crippen LogP contribution in [-0.4, -0.2) is 31.6 Å². The Hall–Kier alpha value is -1.11. The Morgan fingerprint density at radius 1 is 0.643 bits per heavy atom. The van der Waals surface area contributed by atoms with Crippen molar-refractivity contribution in [1.82, 2.24) is 4.31 Å². The first kappa shape index (κ1) is 26.9. The maximum Gasteiger partial charge on any atom is 0.214 e. The van der Waals surface area contributed by atoms with Gasteiger partial charge in [0.1, 0.15) is 0 Å². The number of rotatable bonds is 20. The van der Waals surface area contributed by atoms with Crippen molar-refractivity contribution < 1.29 is 8.42 Å². The van der Waals surface area contributed by atoms with Gasteiger partial charge in [-0.25, -0.2) is 12.7 Å². The molecule has 0 aliphatic rings. The minimum Gasteiger partial charge on any atom is -0.212 e. The van der Waals surface area contributed by atoms with Crippen molar-refractivity contribution in [3.8, 4) is 12.1 Å². The predicted molar refractivity (Wildman–Crippen MR) is 116 cm³/mol. The summed E-state index contributed by atoms with van der Waals surface area (Å²) in [5.41, 5.74) is 0. The second-order valence-corrected chi connectivity index (χ2v) is 9.72. The highest BCUT2D eigenvalue weighted by Gasteiger charge is 2.20. The van der Waals surface area contributed by atoms with Crippen LogP contribution in [-0.2, 0) is 10.0 Å². The van der Waals surface area contributed by atoms with Crippen LogP contribution in [0.1, 0.15) is 110 Å². The third-order valence-corrected chi connectivity index (χ3v) is 7.00. The van der Waals surface area contributed by atoms with Gasteiger partial charge in [0, 0.05) is 25.9 Å². The Kier molecular flexibility index (Phi) is 18.5. The van der Waals surface area contributed by atoms with Gasteiger partial charge in [0.15, 0.2) is 0 Å². The molecular formula is C22H41N3O2S. The lowest BCUT2D eigenvalue weighted by Crippen LogP contribution is -2.35. The number of nitrogens with zero attached hydrogens (tertiary/aromatic N) is 3. The van der Waals surface area contributed by atoms with Gasteiger partial charge in [0.25, 0.3) is 0 Å². The van der Waals surface area contributed by atoms with Crippen molar-refractivity contribution >= 4 is 10.0 Å². The number of hydrogen-bond acceptors (Lipinski definition) is 4. The molecule has 0 unspecified atom stereocenters. The molecule has 0 spiro atoms. The van der Waals surface area contributed by atoms with Crippen LogP contribution in [0.5, 0.6) is 0 Å². The Morgan fingerprint density at radius 3 is 1.54 bits per heavy atom. The van der Waals surface area contributed by atoms with Gasteiger partial charge < -0.3 is 0 Å². The van der Waals surface area contributed by atoms with Crippen LogP contribution >= 0.6 is 0 Å². The van der Waals surface area contributed by atoms with Gasteiger partial charge in [0.2, 0.25) is 10.0 Å². The third-order valence-electron chi connectivity index (χ3n) is 5.04. The molecule has 0 aromatic rings. The minimum absolute atomic E-state index is 0.275. The Balaban J connectivity index is 4.29. The molecule has 28 heavy (non-hydrogen) atoms. The first-order valence-electron chi connectivity index (χ1n) is 11.3. The Morgan fingerprint density at radius 2 is 1.07 bits per heavy atom. The monoisotopic (exact) mass is 411 g/mol. The molecule has 162 valence electrons. The topological polar surface area (TPSA) is 85.0 Å². The van der Waals surface area contributed by atoms with Crippen molar-refractivity contribution in [2.45, 2.75) is 110 Å². The summed E-state index contributed by atoms with van der Waals surface area (Å²) in [7, 11) is -3.16. The molecule has 0 aromatic heterocycles. The van der Waals surface area contributed by atoms with E-state index in [0.29, 0.717) is 25.9 Å². The summed E-state index contributed by atoms with van der Waals surface area (Å²) in [6.45, 7) is 3.39. The molecule has 5 nitrogen and oxygen atoms in total. The SMILES string of the molecule is CCCCCCS(=O)(=O)N(CCCCCCCC#N)CCCCCCCC#N. The zero-order valence-corrected chi connectivity index (χ0v) is 18.8. The first-order chi connectivity index (χ1) is 13.6. The van der Waals surface area contributed by atoms with Crippen LogP contribution in [0.3, 0.4) is 0 Å². The predicted octanol–water partition coefficient (Wildman–Crippen LogP) is 5.93. The Bertz CT molecular complexity index is 507. The number of nitriles is 2. The first-order valence-corrected chi connectivity index (χ1v) is 12.9. The molecular weight excluding hydrogens is 370 g/mol. The fraction of sp³-hybridized carbons (Fsp3) is 0.909. The van der Waals surface area contributed by atoms with Crippen LogP contribution in [0, 0.1) is 22.7 Å². The van der Waals surface area contributed by atoms with Crippen LogP contribution in [0.25, 0.3) is 0 Å². The average Bonchev–Trinajstić information content (AvgIpc) is 2.68. The molecule has 0 bridgehead atoms. The fourth-order valence-corrected chi connectivity index (χ4v) is 4.92. The number of sulfonamides is 1. The van der Waals surface area contributed by atoms with E-state index in [2.05, 4.69) is 19.1 Å². The van der Waals surface area contributed by atoms with Gasteiger partial charge in [0.05, 0.1) is 17.9 Å². The van der Waals surface area contributed by atoms with E-state index in [1.165, 1.54) is 0 Å². The quantitative estimate of drug-likeness (QED) is 0.232. The fourth-order valence-electron chi connectivity index (χ4n) is 3.28. The maximum absolute atomic E-state index is 12.8. The van der Waals surface area contributed by atoms with Gasteiger partial charge in [-0.15, -0.1) is 0 Å². The molecule has 0 radical (unpaired) electrons. The molecule has 0 rings (SSSR count). The summed E-state index contributed by atoms with van der Waals surface area (Å²) in [4.78, 5) is 0. The molecule has 0 heterocycles. The highest BCUT2D eigenvalue weighted by Crippen LogP contribution is 2.14. The summed E-state index contributed by atoms with van der Waals surface area (Å²) >= 11 is 0. The van der Waals surface area contributed by atoms with E-state index in [1.807, 2.05) is 0 Å². The standard InChI is InChI=1S/C22H41N3O2S/c1-2-3-4-17-22-28(26,27)25(20-15-11-7-5-9-13-18-23)21-16-12-8-6-10-14-19-24/h2-17,20-22H2,1H3. The smallest absolute Gasteiger partial charge is 0.212 e. The van der Waals surface area contributed by atoms with Crippen molar-refractivity contribution in [1.29, 1.82) is 10.5 Å². The van der Waals surface area contributed by atoms with Gasteiger partial charge in [-0.05, 0) is 32.1 Å². The summed E-state index contributed by atoms with van der Waals surface area (Å²) in [5, 5.41) is 17.1. The molecule has 0 amide bonds. The van der Waals surface area contributed by atoms with E-state index < -0.39 is 10.0 Å². The molecule has 0 atom stereocenters. The largest absolute Gasteiger partial charge is 0.214 e. The van der Waals surface area contributed by atoms with Crippen LogP contribution < -0.4 is 0 Å². The maximum atomic E-state index is 12.8. The van der Waals surface area contributed by atoms with Crippen LogP contribution in [0.4, 0.5) is 0 Å². The molecule has 0 saturated heterocycles. The van der Waals surface area contributed by atoms with E-state index in [4.69, 9.17) is 10.5 Å². The second kappa shape index (κ2) is 19.2. The van der Waals surface area contributed by atoms with Gasteiger partial charge >= 0.3 is 0 Å². The highest BCUT2D eigenvalue weighted by atomic mass is 32.2. The van der Waals surface area contributed by atoms with Crippen molar-refractivity contribution in [2.24, 2.45) is 0 Å². The normalized spacial score (nSPS) is 11.4. The molecule has 0 N–H and O–H groups in total. The van der Waals surface area contributed by atoms with Crippen LogP contribution in [0.2, 0.25) is 0 Å². The van der Waals surface area contributed by atoms with Crippen molar-refractivity contribution in [3.05, 3.63) is 0 Å². The zero-order chi connectivity index (χ0) is 20.9.